The van der Waals surface area contributed by atoms with Crippen LogP contribution in [0.1, 0.15) is 6.92 Å². The van der Waals surface area contributed by atoms with Gasteiger partial charge in [-0.05, 0) is 24.6 Å². The van der Waals surface area contributed by atoms with Crippen molar-refractivity contribution in [2.24, 2.45) is 0 Å². The lowest BCUT2D eigenvalue weighted by atomic mass is 10.0. The fourth-order valence-electron chi connectivity index (χ4n) is 1.49. The lowest BCUT2D eigenvalue weighted by Crippen LogP contribution is -2.36. The Hall–Kier alpha value is -1.03. The zero-order valence-electron chi connectivity index (χ0n) is 9.31. The lowest BCUT2D eigenvalue weighted by molar-refractivity contribution is -0.112. The second-order valence-electron chi connectivity index (χ2n) is 3.89. The van der Waals surface area contributed by atoms with E-state index in [4.69, 9.17) is 23.2 Å². The number of benzene rings is 1. The average Bonchev–Trinajstić information content (AvgIpc) is 2.22. The maximum absolute atomic E-state index is 11.9. The Morgan fingerprint density at radius 3 is 2.65 bits per heavy atom. The number of anilines is 1. The van der Waals surface area contributed by atoms with E-state index >= 15 is 0 Å². The van der Waals surface area contributed by atoms with Crippen LogP contribution in [0.15, 0.2) is 29.3 Å². The third kappa shape index (κ3) is 2.63. The predicted octanol–water partition coefficient (Wildman–Crippen LogP) is 2.85. The smallest absolute Gasteiger partial charge is 0.251 e. The summed E-state index contributed by atoms with van der Waals surface area (Å²) in [5, 5.41) is 6.65. The number of halogens is 2. The molecule has 1 amide bonds. The van der Waals surface area contributed by atoms with Gasteiger partial charge in [0.05, 0.1) is 15.7 Å². The summed E-state index contributed by atoms with van der Waals surface area (Å²) < 4.78 is 0. The molecule has 0 unspecified atom stereocenters. The van der Waals surface area contributed by atoms with Gasteiger partial charge in [0, 0.05) is 18.7 Å². The van der Waals surface area contributed by atoms with Gasteiger partial charge in [-0.15, -0.1) is 0 Å². The molecule has 0 radical (unpaired) electrons. The first kappa shape index (κ1) is 12.4. The lowest BCUT2D eigenvalue weighted by Gasteiger charge is -2.21. The first-order chi connectivity index (χ1) is 8.09. The van der Waals surface area contributed by atoms with E-state index in [0.717, 1.165) is 24.2 Å². The average molecular weight is 271 g/mol. The highest BCUT2D eigenvalue weighted by atomic mass is 35.5. The largest absolute Gasteiger partial charge is 0.321 e. The van der Waals surface area contributed by atoms with Crippen LogP contribution in [-0.2, 0) is 4.79 Å². The highest BCUT2D eigenvalue weighted by Crippen LogP contribution is 2.29. The number of carbonyl (C=O) groups is 1. The van der Waals surface area contributed by atoms with Crippen molar-refractivity contribution in [2.75, 3.05) is 18.4 Å². The molecule has 1 aliphatic heterocycles. The molecule has 0 aromatic heterocycles. The fraction of sp³-hybridized carbons (Fsp3) is 0.250. The van der Waals surface area contributed by atoms with Crippen LogP contribution in [0.2, 0.25) is 10.0 Å². The van der Waals surface area contributed by atoms with E-state index in [9.17, 15) is 4.79 Å². The summed E-state index contributed by atoms with van der Waals surface area (Å²) in [5.41, 5.74) is 2.40. The van der Waals surface area contributed by atoms with Crippen LogP contribution in [-0.4, -0.2) is 19.0 Å². The van der Waals surface area contributed by atoms with Crippen LogP contribution < -0.4 is 10.6 Å². The van der Waals surface area contributed by atoms with Gasteiger partial charge >= 0.3 is 0 Å². The van der Waals surface area contributed by atoms with Crippen molar-refractivity contribution < 1.29 is 4.79 Å². The fourth-order valence-corrected chi connectivity index (χ4v) is 1.84. The van der Waals surface area contributed by atoms with Crippen molar-refractivity contribution in [3.8, 4) is 0 Å². The topological polar surface area (TPSA) is 41.1 Å². The van der Waals surface area contributed by atoms with E-state index in [1.165, 1.54) is 0 Å². The minimum absolute atomic E-state index is 0.134. The van der Waals surface area contributed by atoms with E-state index in [-0.39, 0.29) is 5.91 Å². The summed E-state index contributed by atoms with van der Waals surface area (Å²) in [4.78, 5) is 11.9. The zero-order chi connectivity index (χ0) is 12.4. The molecule has 0 atom stereocenters. The first-order valence-corrected chi connectivity index (χ1v) is 6.00. The molecule has 1 heterocycles. The second kappa shape index (κ2) is 5.08. The van der Waals surface area contributed by atoms with Gasteiger partial charge < -0.3 is 10.6 Å². The van der Waals surface area contributed by atoms with Crippen LogP contribution >= 0.6 is 23.2 Å². The molecule has 90 valence electrons. The summed E-state index contributed by atoms with van der Waals surface area (Å²) in [6, 6.07) is 5.15. The summed E-state index contributed by atoms with van der Waals surface area (Å²) in [5.74, 6) is -0.134. The van der Waals surface area contributed by atoms with Crippen LogP contribution in [0.5, 0.6) is 0 Å². The van der Waals surface area contributed by atoms with Crippen molar-refractivity contribution in [1.29, 1.82) is 0 Å². The van der Waals surface area contributed by atoms with Gasteiger partial charge in [-0.2, -0.15) is 0 Å². The monoisotopic (exact) mass is 270 g/mol. The van der Waals surface area contributed by atoms with E-state index in [1.54, 1.807) is 18.2 Å². The van der Waals surface area contributed by atoms with E-state index in [0.29, 0.717) is 15.7 Å². The standard InChI is InChI=1S/C12H12Cl2N2O/c1-7(8-5-15-6-8)12(17)16-10-4-2-3-9(13)11(10)14/h2-4,15H,5-6H2,1H3,(H,16,17). The van der Waals surface area contributed by atoms with Crippen LogP contribution in [0.3, 0.4) is 0 Å². The SMILES string of the molecule is CC(C(=O)Nc1cccc(Cl)c1Cl)=C1CNC1. The Balaban J connectivity index is 2.16. The van der Waals surface area contributed by atoms with Crippen LogP contribution in [0.4, 0.5) is 5.69 Å². The summed E-state index contributed by atoms with van der Waals surface area (Å²) in [6.45, 7) is 3.37. The van der Waals surface area contributed by atoms with Gasteiger partial charge in [0.25, 0.3) is 5.91 Å². The maximum Gasteiger partial charge on any atom is 0.251 e. The molecule has 0 spiro atoms. The molecular weight excluding hydrogens is 259 g/mol. The van der Waals surface area contributed by atoms with Gasteiger partial charge in [-0.25, -0.2) is 0 Å². The predicted molar refractivity (Wildman–Crippen MR) is 70.7 cm³/mol. The van der Waals surface area contributed by atoms with Crippen LogP contribution in [0.25, 0.3) is 0 Å². The minimum atomic E-state index is -0.134. The molecule has 3 nitrogen and oxygen atoms in total. The number of carbonyl (C=O) groups excluding carboxylic acids is 1. The van der Waals surface area contributed by atoms with Crippen molar-refractivity contribution in [1.82, 2.24) is 5.32 Å². The summed E-state index contributed by atoms with van der Waals surface area (Å²) >= 11 is 11.9. The molecule has 5 heteroatoms. The summed E-state index contributed by atoms with van der Waals surface area (Å²) in [7, 11) is 0. The molecule has 1 aliphatic rings. The summed E-state index contributed by atoms with van der Waals surface area (Å²) in [6.07, 6.45) is 0. The molecule has 2 N–H and O–H groups in total. The van der Waals surface area contributed by atoms with E-state index < -0.39 is 0 Å². The highest BCUT2D eigenvalue weighted by Gasteiger charge is 2.17. The Morgan fingerprint density at radius 1 is 1.35 bits per heavy atom. The molecule has 0 bridgehead atoms. The van der Waals surface area contributed by atoms with Gasteiger partial charge in [0.1, 0.15) is 0 Å². The third-order valence-electron chi connectivity index (χ3n) is 2.75. The molecule has 0 aliphatic carbocycles. The normalized spacial score (nSPS) is 14.2. The molecule has 17 heavy (non-hydrogen) atoms. The number of hydrogen-bond donors (Lipinski definition) is 2. The van der Waals surface area contributed by atoms with Crippen LogP contribution in [0, 0.1) is 0 Å². The Morgan fingerprint density at radius 2 is 2.06 bits per heavy atom. The molecule has 1 fully saturated rings. The van der Waals surface area contributed by atoms with Gasteiger partial charge in [0.15, 0.2) is 0 Å². The first-order valence-electron chi connectivity index (χ1n) is 5.24. The van der Waals surface area contributed by atoms with Gasteiger partial charge in [-0.3, -0.25) is 4.79 Å². The van der Waals surface area contributed by atoms with Crippen molar-refractivity contribution in [2.45, 2.75) is 6.92 Å². The molecule has 0 saturated carbocycles. The number of hydrogen-bond acceptors (Lipinski definition) is 2. The van der Waals surface area contributed by atoms with Crippen molar-refractivity contribution >= 4 is 34.8 Å². The third-order valence-corrected chi connectivity index (χ3v) is 3.57. The van der Waals surface area contributed by atoms with Crippen molar-refractivity contribution in [3.05, 3.63) is 39.4 Å². The minimum Gasteiger partial charge on any atom is -0.321 e. The molecule has 1 aromatic carbocycles. The molecular formula is C12H12Cl2N2O. The zero-order valence-corrected chi connectivity index (χ0v) is 10.8. The van der Waals surface area contributed by atoms with E-state index in [1.807, 2.05) is 6.92 Å². The number of amides is 1. The molecule has 1 saturated heterocycles. The van der Waals surface area contributed by atoms with Gasteiger partial charge in [0.2, 0.25) is 0 Å². The second-order valence-corrected chi connectivity index (χ2v) is 4.67. The Kier molecular flexibility index (Phi) is 3.72. The molecule has 1 aromatic rings. The number of rotatable bonds is 2. The maximum atomic E-state index is 11.9. The highest BCUT2D eigenvalue weighted by molar-refractivity contribution is 6.44. The van der Waals surface area contributed by atoms with Gasteiger partial charge in [-0.1, -0.05) is 29.3 Å². The molecule has 2 rings (SSSR count). The van der Waals surface area contributed by atoms with Crippen molar-refractivity contribution in [3.63, 3.8) is 0 Å². The Bertz CT molecular complexity index is 491. The quantitative estimate of drug-likeness (QED) is 0.812. The Labute approximate surface area is 110 Å². The number of nitrogens with one attached hydrogen (secondary N) is 2. The van der Waals surface area contributed by atoms with E-state index in [2.05, 4.69) is 10.6 Å².